The normalized spacial score (nSPS) is 13.7. The lowest BCUT2D eigenvalue weighted by atomic mass is 9.87. The molecular formula is C26H24O4. The van der Waals surface area contributed by atoms with Gasteiger partial charge in [0.05, 0.1) is 11.1 Å². The summed E-state index contributed by atoms with van der Waals surface area (Å²) in [4.78, 5) is 23.4. The number of benzene rings is 3. The van der Waals surface area contributed by atoms with Crippen LogP contribution in [0.25, 0.3) is 0 Å². The van der Waals surface area contributed by atoms with Crippen molar-refractivity contribution in [1.82, 2.24) is 0 Å². The first-order valence-corrected chi connectivity index (χ1v) is 10.3. The van der Waals surface area contributed by atoms with E-state index in [1.807, 2.05) is 12.1 Å². The van der Waals surface area contributed by atoms with Crippen LogP contribution in [0.1, 0.15) is 54.1 Å². The molecule has 152 valence electrons. The molecule has 0 radical (unpaired) electrons. The summed E-state index contributed by atoms with van der Waals surface area (Å²) in [5.41, 5.74) is 6.73. The van der Waals surface area contributed by atoms with Gasteiger partial charge in [0.15, 0.2) is 0 Å². The van der Waals surface area contributed by atoms with Gasteiger partial charge in [-0.2, -0.15) is 0 Å². The zero-order chi connectivity index (χ0) is 21.1. The molecule has 0 saturated heterocycles. The number of carbonyl (C=O) groups is 2. The molecule has 4 nitrogen and oxygen atoms in total. The number of hydrogen-bond acceptors (Lipinski definition) is 2. The summed E-state index contributed by atoms with van der Waals surface area (Å²) in [6, 6.07) is 19.9. The van der Waals surface area contributed by atoms with Crippen LogP contribution in [0.2, 0.25) is 0 Å². The van der Waals surface area contributed by atoms with E-state index < -0.39 is 11.9 Å². The number of aryl methyl sites for hydroxylation is 6. The van der Waals surface area contributed by atoms with Crippen LogP contribution in [-0.4, -0.2) is 22.2 Å². The van der Waals surface area contributed by atoms with Crippen LogP contribution in [-0.2, 0) is 38.5 Å². The molecule has 0 unspecified atom stereocenters. The predicted molar refractivity (Wildman–Crippen MR) is 115 cm³/mol. The SMILES string of the molecule is O=C(O)c1cc2c(cc1C(=O)O)CCc1ccccc1CCc1ccccc1CC2. The first kappa shape index (κ1) is 19.9. The van der Waals surface area contributed by atoms with Gasteiger partial charge < -0.3 is 10.2 Å². The van der Waals surface area contributed by atoms with Crippen molar-refractivity contribution in [2.45, 2.75) is 38.5 Å². The molecule has 0 saturated carbocycles. The van der Waals surface area contributed by atoms with E-state index in [2.05, 4.69) is 36.4 Å². The maximum atomic E-state index is 11.7. The van der Waals surface area contributed by atoms with Crippen molar-refractivity contribution in [3.05, 3.63) is 105 Å². The Bertz CT molecular complexity index is 1030. The van der Waals surface area contributed by atoms with Crippen molar-refractivity contribution >= 4 is 11.9 Å². The summed E-state index contributed by atoms with van der Waals surface area (Å²) >= 11 is 0. The Morgan fingerprint density at radius 2 is 0.767 bits per heavy atom. The smallest absolute Gasteiger partial charge is 0.336 e. The maximum Gasteiger partial charge on any atom is 0.336 e. The lowest BCUT2D eigenvalue weighted by molar-refractivity contribution is 0.0651. The Kier molecular flexibility index (Phi) is 5.66. The van der Waals surface area contributed by atoms with Crippen molar-refractivity contribution in [2.75, 3.05) is 0 Å². The van der Waals surface area contributed by atoms with Gasteiger partial charge in [0.1, 0.15) is 0 Å². The highest BCUT2D eigenvalue weighted by Gasteiger charge is 2.20. The molecule has 0 amide bonds. The van der Waals surface area contributed by atoms with Crippen LogP contribution in [0.4, 0.5) is 0 Å². The highest BCUT2D eigenvalue weighted by atomic mass is 16.4. The Morgan fingerprint density at radius 1 is 0.500 bits per heavy atom. The second kappa shape index (κ2) is 8.54. The van der Waals surface area contributed by atoms with Crippen LogP contribution in [0.5, 0.6) is 0 Å². The second-order valence-corrected chi connectivity index (χ2v) is 7.81. The second-order valence-electron chi connectivity index (χ2n) is 7.81. The van der Waals surface area contributed by atoms with Gasteiger partial charge in [0.25, 0.3) is 0 Å². The number of carboxylic acid groups (broad SMARTS) is 2. The van der Waals surface area contributed by atoms with Gasteiger partial charge in [-0.25, -0.2) is 9.59 Å². The van der Waals surface area contributed by atoms with Crippen molar-refractivity contribution in [2.24, 2.45) is 0 Å². The third-order valence-corrected chi connectivity index (χ3v) is 6.03. The zero-order valence-corrected chi connectivity index (χ0v) is 16.7. The van der Waals surface area contributed by atoms with E-state index in [1.54, 1.807) is 12.1 Å². The van der Waals surface area contributed by atoms with Crippen molar-refractivity contribution in [3.8, 4) is 0 Å². The topological polar surface area (TPSA) is 74.6 Å². The highest BCUT2D eigenvalue weighted by Crippen LogP contribution is 2.25. The van der Waals surface area contributed by atoms with E-state index >= 15 is 0 Å². The van der Waals surface area contributed by atoms with E-state index in [9.17, 15) is 19.8 Å². The molecule has 0 aromatic heterocycles. The molecule has 4 heteroatoms. The lowest BCUT2D eigenvalue weighted by Gasteiger charge is -2.17. The molecule has 3 aromatic carbocycles. The average molecular weight is 400 g/mol. The molecule has 0 heterocycles. The summed E-state index contributed by atoms with van der Waals surface area (Å²) in [7, 11) is 0. The van der Waals surface area contributed by atoms with Gasteiger partial charge in [0, 0.05) is 0 Å². The summed E-state index contributed by atoms with van der Waals surface area (Å²) in [5, 5.41) is 19.1. The molecule has 0 bridgehead atoms. The molecule has 0 spiro atoms. The number of carboxylic acids is 2. The zero-order valence-electron chi connectivity index (χ0n) is 16.7. The molecular weight excluding hydrogens is 376 g/mol. The number of aromatic carboxylic acids is 2. The van der Waals surface area contributed by atoms with Gasteiger partial charge in [-0.3, -0.25) is 0 Å². The molecule has 30 heavy (non-hydrogen) atoms. The van der Waals surface area contributed by atoms with Crippen LogP contribution in [0.3, 0.4) is 0 Å². The maximum absolute atomic E-state index is 11.7. The van der Waals surface area contributed by atoms with Crippen molar-refractivity contribution in [3.63, 3.8) is 0 Å². The number of hydrogen-bond donors (Lipinski definition) is 2. The van der Waals surface area contributed by atoms with Gasteiger partial charge in [-0.1, -0.05) is 48.5 Å². The molecule has 2 N–H and O–H groups in total. The molecule has 1 aliphatic carbocycles. The Balaban J connectivity index is 1.83. The van der Waals surface area contributed by atoms with E-state index in [-0.39, 0.29) is 11.1 Å². The summed E-state index contributed by atoms with van der Waals surface area (Å²) < 4.78 is 0. The van der Waals surface area contributed by atoms with Gasteiger partial charge in [-0.15, -0.1) is 0 Å². The molecule has 1 aliphatic rings. The van der Waals surface area contributed by atoms with E-state index in [0.717, 1.165) is 36.8 Å². The van der Waals surface area contributed by atoms with Crippen LogP contribution in [0.15, 0.2) is 60.7 Å². The van der Waals surface area contributed by atoms with Crippen LogP contribution >= 0.6 is 0 Å². The minimum absolute atomic E-state index is 0.137. The van der Waals surface area contributed by atoms with Crippen LogP contribution < -0.4 is 0 Å². The first-order chi connectivity index (χ1) is 14.5. The van der Waals surface area contributed by atoms with Gasteiger partial charge in [-0.05, 0) is 84.0 Å². The fourth-order valence-corrected chi connectivity index (χ4v) is 4.41. The Morgan fingerprint density at radius 3 is 1.03 bits per heavy atom. The van der Waals surface area contributed by atoms with Crippen molar-refractivity contribution < 1.29 is 19.8 Å². The monoisotopic (exact) mass is 400 g/mol. The third kappa shape index (κ3) is 4.13. The quantitative estimate of drug-likeness (QED) is 0.651. The third-order valence-electron chi connectivity index (χ3n) is 6.03. The van der Waals surface area contributed by atoms with Crippen LogP contribution in [0, 0.1) is 0 Å². The highest BCUT2D eigenvalue weighted by molar-refractivity contribution is 6.02. The Labute approximate surface area is 175 Å². The van der Waals surface area contributed by atoms with Gasteiger partial charge in [0.2, 0.25) is 0 Å². The minimum Gasteiger partial charge on any atom is -0.478 e. The average Bonchev–Trinajstić information content (AvgIpc) is 2.74. The number of fused-ring (bicyclic) bond motifs is 3. The largest absolute Gasteiger partial charge is 0.478 e. The fourth-order valence-electron chi connectivity index (χ4n) is 4.41. The van der Waals surface area contributed by atoms with Gasteiger partial charge >= 0.3 is 11.9 Å². The minimum atomic E-state index is -1.20. The molecule has 0 atom stereocenters. The molecule has 0 fully saturated rings. The Hall–Kier alpha value is -3.40. The number of rotatable bonds is 2. The fraction of sp³-hybridized carbons (Fsp3) is 0.231. The standard InChI is InChI=1S/C26H24O4/c27-25(28)23-15-21-13-11-19-7-3-1-5-17(19)9-10-18-6-2-4-8-20(18)12-14-22(21)16-24(23)26(29)30/h1-8,15-16H,9-14H2,(H,27,28)(H,29,30). The summed E-state index contributed by atoms with van der Waals surface area (Å²) in [6.45, 7) is 0. The van der Waals surface area contributed by atoms with E-state index in [4.69, 9.17) is 0 Å². The predicted octanol–water partition coefficient (Wildman–Crippen LogP) is 4.75. The molecule has 0 aliphatic heterocycles. The summed E-state index contributed by atoms with van der Waals surface area (Å²) in [5.74, 6) is -2.40. The molecule has 3 aromatic rings. The first-order valence-electron chi connectivity index (χ1n) is 10.3. The van der Waals surface area contributed by atoms with E-state index in [1.165, 1.54) is 22.3 Å². The summed E-state index contributed by atoms with van der Waals surface area (Å²) in [6.07, 6.45) is 4.92. The molecule has 4 rings (SSSR count). The lowest BCUT2D eigenvalue weighted by Crippen LogP contribution is -2.13. The van der Waals surface area contributed by atoms with E-state index in [0.29, 0.717) is 12.8 Å². The van der Waals surface area contributed by atoms with Crippen molar-refractivity contribution in [1.29, 1.82) is 0 Å².